The predicted molar refractivity (Wildman–Crippen MR) is 64.1 cm³/mol. The molecule has 0 fully saturated rings. The summed E-state index contributed by atoms with van der Waals surface area (Å²) in [4.78, 5) is 9.70. The topological polar surface area (TPSA) is 78.4 Å². The number of hydrogen-bond donors (Lipinski definition) is 2. The van der Waals surface area contributed by atoms with Crippen molar-refractivity contribution in [2.24, 2.45) is 5.73 Å². The summed E-state index contributed by atoms with van der Waals surface area (Å²) in [5.41, 5.74) is 4.80. The Morgan fingerprint density at radius 2 is 2.29 bits per heavy atom. The van der Waals surface area contributed by atoms with Gasteiger partial charge in [0.05, 0.1) is 11.0 Å². The predicted octanol–water partition coefficient (Wildman–Crippen LogP) is 2.36. The van der Waals surface area contributed by atoms with Crippen molar-refractivity contribution in [2.45, 2.75) is 0 Å². The van der Waals surface area contributed by atoms with Crippen molar-refractivity contribution in [1.82, 2.24) is 0 Å². The maximum absolute atomic E-state index is 13.4. The second kappa shape index (κ2) is 5.90. The van der Waals surface area contributed by atoms with Gasteiger partial charge in [-0.3, -0.25) is 10.1 Å². The Hall–Kier alpha value is -2.02. The third-order valence-corrected chi connectivity index (χ3v) is 2.00. The summed E-state index contributed by atoms with van der Waals surface area (Å²) in [5, 5.41) is 11.7. The molecule has 90 valence electrons. The number of nitro benzene ring substituents is 1. The Kier molecular flexibility index (Phi) is 4.53. The van der Waals surface area contributed by atoms with Crippen molar-refractivity contribution >= 4 is 18.3 Å². The first-order chi connectivity index (χ1) is 8.08. The van der Waals surface area contributed by atoms with Gasteiger partial charge in [-0.25, -0.2) is 4.39 Å². The van der Waals surface area contributed by atoms with Crippen molar-refractivity contribution in [2.75, 3.05) is 0 Å². The molecule has 5 nitrogen and oxygen atoms in total. The van der Waals surface area contributed by atoms with E-state index in [1.807, 2.05) is 0 Å². The fraction of sp³-hybridized carbons (Fsp3) is 0. The largest absolute Gasteiger partial charge is 0.454 e. The normalized spacial score (nSPS) is 11.8. The third kappa shape index (κ3) is 3.49. The van der Waals surface area contributed by atoms with Gasteiger partial charge in [0.2, 0.25) is 0 Å². The number of benzene rings is 1. The molecule has 0 radical (unpaired) electrons. The number of nitrogens with two attached hydrogens (primary N) is 1. The molecule has 1 rings (SSSR count). The van der Waals surface area contributed by atoms with Crippen LogP contribution < -0.4 is 10.5 Å². The van der Waals surface area contributed by atoms with E-state index in [2.05, 4.69) is 12.6 Å². The van der Waals surface area contributed by atoms with Gasteiger partial charge in [-0.15, -0.1) is 12.6 Å². The number of allylic oxidation sites excluding steroid dienone is 1. The minimum Gasteiger partial charge on any atom is -0.454 e. The lowest BCUT2D eigenvalue weighted by molar-refractivity contribution is -0.385. The number of hydrogen-bond acceptors (Lipinski definition) is 5. The van der Waals surface area contributed by atoms with Gasteiger partial charge >= 0.3 is 0 Å². The highest BCUT2D eigenvalue weighted by Crippen LogP contribution is 2.24. The molecule has 0 bridgehead atoms. The summed E-state index contributed by atoms with van der Waals surface area (Å²) < 4.78 is 18.5. The number of nitrogens with zero attached hydrogens (tertiary/aromatic N) is 1. The molecule has 2 N–H and O–H groups in total. The van der Waals surface area contributed by atoms with Crippen molar-refractivity contribution in [1.29, 1.82) is 0 Å². The second-order valence-corrected chi connectivity index (χ2v) is 3.12. The molecule has 1 aromatic carbocycles. The van der Waals surface area contributed by atoms with Crippen molar-refractivity contribution in [3.63, 3.8) is 0 Å². The Balaban J connectivity index is 2.97. The molecule has 1 aromatic rings. The minimum atomic E-state index is -0.836. The standard InChI is InChI=1S/C10H9FN2O3S/c11-9-5-7(13(14)15)1-2-10(9)16-8(6-17)3-4-12/h1-6,17H,12H2/b4-3-,8-6-. The highest BCUT2D eigenvalue weighted by atomic mass is 32.1. The molecule has 0 aliphatic heterocycles. The smallest absolute Gasteiger partial charge is 0.272 e. The summed E-state index contributed by atoms with van der Waals surface area (Å²) in [5.74, 6) is -0.769. The Morgan fingerprint density at radius 1 is 1.59 bits per heavy atom. The van der Waals surface area contributed by atoms with E-state index in [0.29, 0.717) is 0 Å². The summed E-state index contributed by atoms with van der Waals surface area (Å²) in [6.07, 6.45) is 2.57. The fourth-order valence-corrected chi connectivity index (χ4v) is 1.15. The van der Waals surface area contributed by atoms with Crippen LogP contribution in [0.4, 0.5) is 10.1 Å². The Labute approximate surface area is 102 Å². The maximum atomic E-state index is 13.4. The molecule has 0 unspecified atom stereocenters. The summed E-state index contributed by atoms with van der Waals surface area (Å²) >= 11 is 3.84. The highest BCUT2D eigenvalue weighted by molar-refractivity contribution is 7.83. The molecule has 0 aliphatic rings. The third-order valence-electron chi connectivity index (χ3n) is 1.74. The van der Waals surface area contributed by atoms with Gasteiger partial charge in [-0.05, 0) is 18.3 Å². The lowest BCUT2D eigenvalue weighted by Crippen LogP contribution is -1.96. The molecule has 0 saturated heterocycles. The first-order valence-corrected chi connectivity index (χ1v) is 4.94. The van der Waals surface area contributed by atoms with Crippen LogP contribution in [-0.2, 0) is 0 Å². The van der Waals surface area contributed by atoms with E-state index in [9.17, 15) is 14.5 Å². The van der Waals surface area contributed by atoms with Gasteiger partial charge in [0.1, 0.15) is 5.76 Å². The SMILES string of the molecule is N/C=C\C(=C\S)Oc1ccc([N+](=O)[O-])cc1F. The molecular formula is C10H9FN2O3S. The first kappa shape index (κ1) is 13.0. The molecule has 0 atom stereocenters. The van der Waals surface area contributed by atoms with Gasteiger partial charge < -0.3 is 10.5 Å². The quantitative estimate of drug-likeness (QED) is 0.285. The van der Waals surface area contributed by atoms with Crippen LogP contribution in [0.25, 0.3) is 0 Å². The lowest BCUT2D eigenvalue weighted by Gasteiger charge is -2.06. The average molecular weight is 256 g/mol. The minimum absolute atomic E-state index is 0.144. The maximum Gasteiger partial charge on any atom is 0.272 e. The molecule has 17 heavy (non-hydrogen) atoms. The number of non-ortho nitro benzene ring substituents is 1. The van der Waals surface area contributed by atoms with E-state index < -0.39 is 10.7 Å². The van der Waals surface area contributed by atoms with Crippen LogP contribution in [0.1, 0.15) is 0 Å². The fourth-order valence-electron chi connectivity index (χ4n) is 1.01. The molecule has 0 aliphatic carbocycles. The van der Waals surface area contributed by atoms with Gasteiger partial charge in [-0.2, -0.15) is 0 Å². The summed E-state index contributed by atoms with van der Waals surface area (Å²) in [6.45, 7) is 0. The van der Waals surface area contributed by atoms with Crippen LogP contribution in [0, 0.1) is 15.9 Å². The monoisotopic (exact) mass is 256 g/mol. The molecule has 0 aromatic heterocycles. The van der Waals surface area contributed by atoms with E-state index in [4.69, 9.17) is 10.5 Å². The van der Waals surface area contributed by atoms with Crippen molar-refractivity contribution in [3.8, 4) is 5.75 Å². The zero-order valence-corrected chi connectivity index (χ0v) is 9.43. The number of nitro groups is 1. The molecular weight excluding hydrogens is 247 g/mol. The van der Waals surface area contributed by atoms with Crippen LogP contribution in [0.15, 0.2) is 41.6 Å². The number of halogens is 1. The van der Waals surface area contributed by atoms with Crippen LogP contribution in [0.5, 0.6) is 5.75 Å². The average Bonchev–Trinajstić information content (AvgIpc) is 2.30. The molecule has 0 amide bonds. The van der Waals surface area contributed by atoms with E-state index in [1.165, 1.54) is 17.7 Å². The van der Waals surface area contributed by atoms with Gasteiger partial charge in [0, 0.05) is 11.5 Å². The van der Waals surface area contributed by atoms with Gasteiger partial charge in [-0.1, -0.05) is 0 Å². The Bertz CT molecular complexity index is 488. The lowest BCUT2D eigenvalue weighted by atomic mass is 10.3. The second-order valence-electron chi connectivity index (χ2n) is 2.86. The van der Waals surface area contributed by atoms with Gasteiger partial charge in [0.25, 0.3) is 5.69 Å². The van der Waals surface area contributed by atoms with Crippen molar-refractivity contribution in [3.05, 3.63) is 57.6 Å². The van der Waals surface area contributed by atoms with Crippen LogP contribution >= 0.6 is 12.6 Å². The van der Waals surface area contributed by atoms with E-state index in [1.54, 1.807) is 0 Å². The van der Waals surface area contributed by atoms with Crippen molar-refractivity contribution < 1.29 is 14.1 Å². The summed E-state index contributed by atoms with van der Waals surface area (Å²) in [7, 11) is 0. The van der Waals surface area contributed by atoms with E-state index >= 15 is 0 Å². The molecule has 7 heteroatoms. The van der Waals surface area contributed by atoms with Crippen LogP contribution in [0.2, 0.25) is 0 Å². The number of thiol groups is 1. The number of rotatable bonds is 4. The zero-order chi connectivity index (χ0) is 12.8. The van der Waals surface area contributed by atoms with Crippen LogP contribution in [-0.4, -0.2) is 4.92 Å². The number of ether oxygens (including phenoxy) is 1. The Morgan fingerprint density at radius 3 is 2.76 bits per heavy atom. The van der Waals surface area contributed by atoms with E-state index in [0.717, 1.165) is 18.2 Å². The van der Waals surface area contributed by atoms with Gasteiger partial charge in [0.15, 0.2) is 11.6 Å². The summed E-state index contributed by atoms with van der Waals surface area (Å²) in [6, 6.07) is 3.08. The molecule has 0 spiro atoms. The first-order valence-electron chi connectivity index (χ1n) is 4.43. The highest BCUT2D eigenvalue weighted by Gasteiger charge is 2.12. The van der Waals surface area contributed by atoms with Crippen LogP contribution in [0.3, 0.4) is 0 Å². The molecule has 0 saturated carbocycles. The van der Waals surface area contributed by atoms with E-state index in [-0.39, 0.29) is 17.2 Å². The molecule has 0 heterocycles. The zero-order valence-electron chi connectivity index (χ0n) is 8.54.